The first-order valence-electron chi connectivity index (χ1n) is 8.04. The van der Waals surface area contributed by atoms with Gasteiger partial charge in [-0.2, -0.15) is 0 Å². The van der Waals surface area contributed by atoms with Crippen LogP contribution in [0, 0.1) is 0 Å². The highest BCUT2D eigenvalue weighted by Crippen LogP contribution is 2.36. The molecule has 3 rings (SSSR count). The molecule has 3 nitrogen and oxygen atoms in total. The van der Waals surface area contributed by atoms with Gasteiger partial charge in [0.2, 0.25) is 0 Å². The molecular weight excluding hydrogens is 300 g/mol. The molecule has 3 aromatic carbocycles. The van der Waals surface area contributed by atoms with E-state index in [9.17, 15) is 9.90 Å². The smallest absolute Gasteiger partial charge is 0.310 e. The fraction of sp³-hybridized carbons (Fsp3) is 0.190. The molecule has 0 radical (unpaired) electrons. The average Bonchev–Trinajstić information content (AvgIpc) is 2.61. The highest BCUT2D eigenvalue weighted by Gasteiger charge is 2.21. The lowest BCUT2D eigenvalue weighted by Crippen LogP contribution is -2.11. The summed E-state index contributed by atoms with van der Waals surface area (Å²) in [5.74, 6) is -0.516. The lowest BCUT2D eigenvalue weighted by atomic mass is 9.88. The van der Waals surface area contributed by atoms with Gasteiger partial charge < -0.3 is 9.84 Å². The number of carboxylic acids is 1. The first-order valence-corrected chi connectivity index (χ1v) is 8.04. The Morgan fingerprint density at radius 1 is 1.08 bits per heavy atom. The topological polar surface area (TPSA) is 46.5 Å². The van der Waals surface area contributed by atoms with Crippen LogP contribution in [0.1, 0.15) is 24.8 Å². The van der Waals surface area contributed by atoms with Crippen LogP contribution >= 0.6 is 0 Å². The van der Waals surface area contributed by atoms with Crippen LogP contribution < -0.4 is 4.74 Å². The highest BCUT2D eigenvalue weighted by molar-refractivity contribution is 5.93. The minimum absolute atomic E-state index is 0.515. The van der Waals surface area contributed by atoms with Gasteiger partial charge in [-0.3, -0.25) is 4.79 Å². The molecule has 0 aliphatic heterocycles. The van der Waals surface area contributed by atoms with Crippen LogP contribution in [-0.2, 0) is 4.79 Å². The third kappa shape index (κ3) is 2.85. The van der Waals surface area contributed by atoms with E-state index in [1.807, 2.05) is 61.5 Å². The van der Waals surface area contributed by atoms with Gasteiger partial charge in [-0.05, 0) is 40.6 Å². The second-order valence-corrected chi connectivity index (χ2v) is 5.79. The summed E-state index contributed by atoms with van der Waals surface area (Å²) < 4.78 is 5.55. The van der Waals surface area contributed by atoms with Crippen molar-refractivity contribution in [1.82, 2.24) is 0 Å². The Morgan fingerprint density at radius 3 is 2.50 bits per heavy atom. The summed E-state index contributed by atoms with van der Waals surface area (Å²) >= 11 is 0. The average molecular weight is 320 g/mol. The summed E-state index contributed by atoms with van der Waals surface area (Å²) in [4.78, 5) is 11.6. The quantitative estimate of drug-likeness (QED) is 0.712. The second kappa shape index (κ2) is 6.75. The minimum atomic E-state index is -0.794. The molecule has 0 spiro atoms. The Bertz CT molecular complexity index is 883. The number of benzene rings is 3. The lowest BCUT2D eigenvalue weighted by molar-refractivity contribution is -0.138. The van der Waals surface area contributed by atoms with E-state index in [-0.39, 0.29) is 0 Å². The van der Waals surface area contributed by atoms with Crippen molar-refractivity contribution in [2.75, 3.05) is 7.11 Å². The summed E-state index contributed by atoms with van der Waals surface area (Å²) in [6.07, 6.45) is 0.553. The summed E-state index contributed by atoms with van der Waals surface area (Å²) in [5.41, 5.74) is 2.75. The molecule has 0 bridgehead atoms. The van der Waals surface area contributed by atoms with Crippen LogP contribution in [0.2, 0.25) is 0 Å². The van der Waals surface area contributed by atoms with Crippen molar-refractivity contribution >= 4 is 16.7 Å². The molecule has 0 saturated heterocycles. The number of fused-ring (bicyclic) bond motifs is 1. The second-order valence-electron chi connectivity index (χ2n) is 5.79. The van der Waals surface area contributed by atoms with Gasteiger partial charge in [-0.25, -0.2) is 0 Å². The number of ether oxygens (including phenoxy) is 1. The zero-order chi connectivity index (χ0) is 17.1. The number of aliphatic carboxylic acids is 1. The normalized spacial score (nSPS) is 12.1. The molecule has 0 aliphatic carbocycles. The summed E-state index contributed by atoms with van der Waals surface area (Å²) in [6, 6.07) is 19.8. The van der Waals surface area contributed by atoms with Gasteiger partial charge in [0.25, 0.3) is 0 Å². The third-order valence-corrected chi connectivity index (χ3v) is 4.40. The molecule has 3 heteroatoms. The third-order valence-electron chi connectivity index (χ3n) is 4.40. The largest absolute Gasteiger partial charge is 0.496 e. The van der Waals surface area contributed by atoms with Crippen LogP contribution in [0.25, 0.3) is 21.9 Å². The Kier molecular flexibility index (Phi) is 4.52. The van der Waals surface area contributed by atoms with E-state index in [0.717, 1.165) is 33.2 Å². The maximum Gasteiger partial charge on any atom is 0.310 e. The van der Waals surface area contributed by atoms with E-state index in [2.05, 4.69) is 6.07 Å². The van der Waals surface area contributed by atoms with Crippen molar-refractivity contribution in [2.24, 2.45) is 0 Å². The van der Waals surface area contributed by atoms with Crippen LogP contribution in [-0.4, -0.2) is 18.2 Å². The van der Waals surface area contributed by atoms with E-state index >= 15 is 0 Å². The predicted octanol–water partition coefficient (Wildman–Crippen LogP) is 5.09. The van der Waals surface area contributed by atoms with Crippen LogP contribution in [0.3, 0.4) is 0 Å². The van der Waals surface area contributed by atoms with E-state index in [1.165, 1.54) is 0 Å². The number of carboxylic acid groups (broad SMARTS) is 1. The number of methoxy groups -OCH3 is 1. The Labute approximate surface area is 141 Å². The van der Waals surface area contributed by atoms with E-state index in [4.69, 9.17) is 4.74 Å². The van der Waals surface area contributed by atoms with Gasteiger partial charge in [0.15, 0.2) is 0 Å². The van der Waals surface area contributed by atoms with Crippen molar-refractivity contribution in [1.29, 1.82) is 0 Å². The molecule has 122 valence electrons. The Morgan fingerprint density at radius 2 is 1.79 bits per heavy atom. The van der Waals surface area contributed by atoms with Crippen molar-refractivity contribution in [3.05, 3.63) is 66.2 Å². The number of hydrogen-bond acceptors (Lipinski definition) is 2. The van der Waals surface area contributed by atoms with E-state index in [1.54, 1.807) is 7.11 Å². The first kappa shape index (κ1) is 16.1. The number of rotatable bonds is 5. The molecule has 1 atom stereocenters. The maximum absolute atomic E-state index is 11.6. The first-order chi connectivity index (χ1) is 11.7. The van der Waals surface area contributed by atoms with Gasteiger partial charge in [-0.15, -0.1) is 0 Å². The summed E-state index contributed by atoms with van der Waals surface area (Å²) in [7, 11) is 1.66. The fourth-order valence-corrected chi connectivity index (χ4v) is 3.19. The van der Waals surface area contributed by atoms with Gasteiger partial charge in [0.05, 0.1) is 13.0 Å². The van der Waals surface area contributed by atoms with Crippen molar-refractivity contribution in [2.45, 2.75) is 19.3 Å². The van der Waals surface area contributed by atoms with Crippen LogP contribution in [0.5, 0.6) is 5.75 Å². The molecule has 3 aromatic rings. The molecule has 0 saturated carbocycles. The SMILES string of the molecule is CC[C@@H](C(=O)O)c1ccccc1-c1cc(OC)c2ccccc2c1. The molecule has 0 aliphatic rings. The Balaban J connectivity index is 2.23. The highest BCUT2D eigenvalue weighted by atomic mass is 16.5. The molecule has 0 amide bonds. The minimum Gasteiger partial charge on any atom is -0.496 e. The fourth-order valence-electron chi connectivity index (χ4n) is 3.19. The summed E-state index contributed by atoms with van der Waals surface area (Å²) in [5, 5.41) is 11.7. The molecule has 0 unspecified atom stereocenters. The number of carbonyl (C=O) groups is 1. The Hall–Kier alpha value is -2.81. The molecule has 0 heterocycles. The molecule has 0 fully saturated rings. The lowest BCUT2D eigenvalue weighted by Gasteiger charge is -2.17. The molecular formula is C21H20O3. The number of hydrogen-bond donors (Lipinski definition) is 1. The van der Waals surface area contributed by atoms with E-state index in [0.29, 0.717) is 6.42 Å². The maximum atomic E-state index is 11.6. The van der Waals surface area contributed by atoms with E-state index < -0.39 is 11.9 Å². The van der Waals surface area contributed by atoms with Gasteiger partial charge in [-0.1, -0.05) is 55.5 Å². The van der Waals surface area contributed by atoms with Crippen molar-refractivity contribution < 1.29 is 14.6 Å². The van der Waals surface area contributed by atoms with Crippen molar-refractivity contribution in [3.63, 3.8) is 0 Å². The van der Waals surface area contributed by atoms with Gasteiger partial charge >= 0.3 is 5.97 Å². The zero-order valence-corrected chi connectivity index (χ0v) is 13.8. The molecule has 24 heavy (non-hydrogen) atoms. The zero-order valence-electron chi connectivity index (χ0n) is 13.8. The molecule has 1 N–H and O–H groups in total. The van der Waals surface area contributed by atoms with Gasteiger partial charge in [0.1, 0.15) is 5.75 Å². The van der Waals surface area contributed by atoms with Crippen LogP contribution in [0.15, 0.2) is 60.7 Å². The predicted molar refractivity (Wildman–Crippen MR) is 96.6 cm³/mol. The molecule has 0 aromatic heterocycles. The summed E-state index contributed by atoms with van der Waals surface area (Å²) in [6.45, 7) is 1.90. The standard InChI is InChI=1S/C21H20O3/c1-3-16(21(22)23)19-11-7-6-9-17(19)15-12-14-8-4-5-10-18(14)20(13-15)24-2/h4-13,16H,3H2,1-2H3,(H,22,23)/t16-/m1/s1. The van der Waals surface area contributed by atoms with Crippen LogP contribution in [0.4, 0.5) is 0 Å². The van der Waals surface area contributed by atoms with Crippen molar-refractivity contribution in [3.8, 4) is 16.9 Å². The monoisotopic (exact) mass is 320 g/mol. The van der Waals surface area contributed by atoms with Gasteiger partial charge in [0, 0.05) is 5.39 Å².